The highest BCUT2D eigenvalue weighted by Crippen LogP contribution is 2.27. The summed E-state index contributed by atoms with van der Waals surface area (Å²) in [4.78, 5) is 18.9. The van der Waals surface area contributed by atoms with Crippen LogP contribution in [0.15, 0.2) is 55.0 Å². The van der Waals surface area contributed by atoms with Gasteiger partial charge in [0.1, 0.15) is 11.6 Å². The van der Waals surface area contributed by atoms with Gasteiger partial charge in [-0.05, 0) is 63.3 Å². The van der Waals surface area contributed by atoms with Gasteiger partial charge in [-0.15, -0.1) is 0 Å². The molecule has 2 aromatic carbocycles. The number of urea groups is 1. The summed E-state index contributed by atoms with van der Waals surface area (Å²) in [6, 6.07) is 10.8. The first-order valence-electron chi connectivity index (χ1n) is 11.6. The number of carbonyl (C=O) groups is 1. The molecule has 0 saturated heterocycles. The molecule has 0 bridgehead atoms. The maximum Gasteiger partial charge on any atom is 0.319 e. The number of hydrogen-bond acceptors (Lipinski definition) is 4. The number of nitrogens with zero attached hydrogens (tertiary/aromatic N) is 3. The molecule has 0 saturated carbocycles. The molecular weight excluding hydrogens is 433 g/mol. The molecule has 2 N–H and O–H groups in total. The number of ether oxygens (including phenoxy) is 1. The number of carbonyl (C=O) groups excluding carboxylic acids is 1. The molecule has 0 aliphatic rings. The molecule has 1 atom stereocenters. The number of rotatable bonds is 8. The van der Waals surface area contributed by atoms with E-state index >= 15 is 0 Å². The number of halogens is 1. The summed E-state index contributed by atoms with van der Waals surface area (Å²) in [5, 5.41) is 5.61. The Morgan fingerprint density at radius 3 is 2.26 bits per heavy atom. The summed E-state index contributed by atoms with van der Waals surface area (Å²) in [6.45, 7) is 13.9. The van der Waals surface area contributed by atoms with Crippen molar-refractivity contribution in [2.45, 2.75) is 40.7 Å². The highest BCUT2D eigenvalue weighted by Gasteiger charge is 2.12. The van der Waals surface area contributed by atoms with Crippen LogP contribution in [0.2, 0.25) is 0 Å². The first-order valence-corrected chi connectivity index (χ1v) is 11.6. The molecule has 0 aliphatic heterocycles. The van der Waals surface area contributed by atoms with Crippen molar-refractivity contribution in [3.63, 3.8) is 0 Å². The Balaban J connectivity index is 0.000000509. The van der Waals surface area contributed by atoms with E-state index in [0.29, 0.717) is 11.4 Å². The van der Waals surface area contributed by atoms with Crippen molar-refractivity contribution in [2.75, 3.05) is 32.1 Å². The fraction of sp³-hybridized carbons (Fsp3) is 0.385. The van der Waals surface area contributed by atoms with Gasteiger partial charge < -0.3 is 24.8 Å². The topological polar surface area (TPSA) is 71.4 Å². The predicted octanol–water partition coefficient (Wildman–Crippen LogP) is 5.56. The van der Waals surface area contributed by atoms with Crippen LogP contribution in [-0.2, 0) is 0 Å². The molecule has 3 rings (SSSR count). The fourth-order valence-electron chi connectivity index (χ4n) is 3.39. The SMILES string of the molecule is CCN(CC)CC.COc1cc(NC(=O)N[C@@H](C)c2ccc(F)cc2)ccc1-n1cnc(C)c1. The van der Waals surface area contributed by atoms with Gasteiger partial charge >= 0.3 is 6.03 Å². The molecule has 184 valence electrons. The highest BCUT2D eigenvalue weighted by atomic mass is 19.1. The number of benzene rings is 2. The Morgan fingerprint density at radius 1 is 1.12 bits per heavy atom. The number of methoxy groups -OCH3 is 1. The standard InChI is InChI=1S/C20H21FN4O2.C6H15N/c1-13-11-25(12-22-13)18-9-8-17(10-19(18)27-3)24-20(26)23-14(2)15-4-6-16(21)7-5-15;1-4-7(5-2)6-3/h4-12,14H,1-3H3,(H2,23,24,26);4-6H2,1-3H3/t14-;/m0./s1. The van der Waals surface area contributed by atoms with E-state index in [9.17, 15) is 9.18 Å². The van der Waals surface area contributed by atoms with Gasteiger partial charge in [0.15, 0.2) is 0 Å². The lowest BCUT2D eigenvalue weighted by molar-refractivity contribution is 0.249. The highest BCUT2D eigenvalue weighted by molar-refractivity contribution is 5.90. The minimum absolute atomic E-state index is 0.263. The maximum atomic E-state index is 13.0. The number of amides is 2. The molecule has 0 unspecified atom stereocenters. The third kappa shape index (κ3) is 7.88. The number of anilines is 1. The third-order valence-corrected chi connectivity index (χ3v) is 5.49. The minimum atomic E-state index is -0.361. The molecule has 0 spiro atoms. The Hall–Kier alpha value is -3.39. The zero-order chi connectivity index (χ0) is 25.1. The van der Waals surface area contributed by atoms with E-state index in [-0.39, 0.29) is 17.9 Å². The van der Waals surface area contributed by atoms with E-state index in [1.807, 2.05) is 30.7 Å². The Morgan fingerprint density at radius 2 is 1.76 bits per heavy atom. The predicted molar refractivity (Wildman–Crippen MR) is 135 cm³/mol. The van der Waals surface area contributed by atoms with Crippen molar-refractivity contribution < 1.29 is 13.9 Å². The van der Waals surface area contributed by atoms with Gasteiger partial charge in [0.25, 0.3) is 0 Å². The second-order valence-electron chi connectivity index (χ2n) is 7.80. The number of aryl methyl sites for hydroxylation is 1. The van der Waals surface area contributed by atoms with Gasteiger partial charge in [-0.25, -0.2) is 14.2 Å². The molecule has 7 nitrogen and oxygen atoms in total. The Bertz CT molecular complexity index is 1030. The molecular formula is C26H36FN5O2. The normalized spacial score (nSPS) is 11.4. The molecule has 0 fully saturated rings. The average molecular weight is 470 g/mol. The van der Waals surface area contributed by atoms with Crippen LogP contribution in [0.3, 0.4) is 0 Å². The van der Waals surface area contributed by atoms with Crippen molar-refractivity contribution in [3.8, 4) is 11.4 Å². The van der Waals surface area contributed by atoms with Crippen molar-refractivity contribution in [1.82, 2.24) is 19.8 Å². The first-order chi connectivity index (χ1) is 16.3. The maximum absolute atomic E-state index is 13.0. The molecule has 0 radical (unpaired) electrons. The van der Waals surface area contributed by atoms with Crippen LogP contribution in [0, 0.1) is 12.7 Å². The van der Waals surface area contributed by atoms with Gasteiger partial charge in [0.2, 0.25) is 0 Å². The lowest BCUT2D eigenvalue weighted by Gasteiger charge is -2.16. The van der Waals surface area contributed by atoms with E-state index in [4.69, 9.17) is 4.74 Å². The first kappa shape index (κ1) is 26.9. The van der Waals surface area contributed by atoms with Crippen molar-refractivity contribution in [3.05, 3.63) is 72.1 Å². The summed E-state index contributed by atoms with van der Waals surface area (Å²) < 4.78 is 20.3. The van der Waals surface area contributed by atoms with Gasteiger partial charge in [0, 0.05) is 18.0 Å². The molecule has 34 heavy (non-hydrogen) atoms. The summed E-state index contributed by atoms with van der Waals surface area (Å²) in [5.74, 6) is 0.299. The zero-order valence-corrected chi connectivity index (χ0v) is 20.9. The number of aromatic nitrogens is 2. The molecule has 0 aliphatic carbocycles. The third-order valence-electron chi connectivity index (χ3n) is 5.49. The van der Waals surface area contributed by atoms with E-state index in [1.54, 1.807) is 37.7 Å². The Labute approximate surface area is 202 Å². The second-order valence-corrected chi connectivity index (χ2v) is 7.80. The zero-order valence-electron chi connectivity index (χ0n) is 20.9. The van der Waals surface area contributed by atoms with Crippen molar-refractivity contribution in [1.29, 1.82) is 0 Å². The molecule has 3 aromatic rings. The average Bonchev–Trinajstić information content (AvgIpc) is 3.26. The van der Waals surface area contributed by atoms with Crippen LogP contribution in [0.4, 0.5) is 14.9 Å². The Kier molecular flexibility index (Phi) is 10.5. The molecule has 1 aromatic heterocycles. The number of imidazole rings is 1. The van der Waals surface area contributed by atoms with Crippen LogP contribution >= 0.6 is 0 Å². The van der Waals surface area contributed by atoms with E-state index in [1.165, 1.54) is 31.8 Å². The number of nitrogens with one attached hydrogen (secondary N) is 2. The summed E-state index contributed by atoms with van der Waals surface area (Å²) in [6.07, 6.45) is 3.60. The van der Waals surface area contributed by atoms with Crippen molar-refractivity contribution in [2.24, 2.45) is 0 Å². The van der Waals surface area contributed by atoms with E-state index < -0.39 is 0 Å². The summed E-state index contributed by atoms with van der Waals surface area (Å²) in [7, 11) is 1.57. The monoisotopic (exact) mass is 469 g/mol. The van der Waals surface area contributed by atoms with Crippen LogP contribution in [0.5, 0.6) is 5.75 Å². The molecule has 1 heterocycles. The van der Waals surface area contributed by atoms with Crippen LogP contribution in [-0.4, -0.2) is 47.2 Å². The fourth-order valence-corrected chi connectivity index (χ4v) is 3.39. The lowest BCUT2D eigenvalue weighted by Crippen LogP contribution is -2.31. The van der Waals surface area contributed by atoms with Gasteiger partial charge in [0.05, 0.1) is 30.9 Å². The number of hydrogen-bond donors (Lipinski definition) is 2. The molecule has 2 amide bonds. The van der Waals surface area contributed by atoms with Crippen LogP contribution in [0.25, 0.3) is 5.69 Å². The van der Waals surface area contributed by atoms with Gasteiger partial charge in [-0.2, -0.15) is 0 Å². The smallest absolute Gasteiger partial charge is 0.319 e. The van der Waals surface area contributed by atoms with E-state index in [2.05, 4.69) is 41.3 Å². The lowest BCUT2D eigenvalue weighted by atomic mass is 10.1. The van der Waals surface area contributed by atoms with Crippen LogP contribution < -0.4 is 15.4 Å². The minimum Gasteiger partial charge on any atom is -0.494 e. The van der Waals surface area contributed by atoms with Gasteiger partial charge in [-0.1, -0.05) is 32.9 Å². The summed E-state index contributed by atoms with van der Waals surface area (Å²) >= 11 is 0. The quantitative estimate of drug-likeness (QED) is 0.453. The second kappa shape index (κ2) is 13.3. The summed E-state index contributed by atoms with van der Waals surface area (Å²) in [5.41, 5.74) is 3.13. The largest absolute Gasteiger partial charge is 0.494 e. The van der Waals surface area contributed by atoms with Crippen LogP contribution in [0.1, 0.15) is 45.0 Å². The van der Waals surface area contributed by atoms with Gasteiger partial charge in [-0.3, -0.25) is 0 Å². The van der Waals surface area contributed by atoms with Crippen molar-refractivity contribution >= 4 is 11.7 Å². The van der Waals surface area contributed by atoms with E-state index in [0.717, 1.165) is 16.9 Å². The molecule has 8 heteroatoms.